The minimum atomic E-state index is -0.350. The van der Waals surface area contributed by atoms with Gasteiger partial charge < -0.3 is 9.47 Å². The smallest absolute Gasteiger partial charge is 0.410 e. The van der Waals surface area contributed by atoms with E-state index in [1.807, 2.05) is 97.9 Å². The monoisotopic (exact) mass is 375 g/mol. The molecule has 0 saturated carbocycles. The summed E-state index contributed by atoms with van der Waals surface area (Å²) < 4.78 is 11.4. The first-order valence-corrected chi connectivity index (χ1v) is 9.41. The minimum Gasteiger partial charge on any atom is -0.491 e. The second-order valence-corrected chi connectivity index (χ2v) is 6.63. The third-order valence-electron chi connectivity index (χ3n) is 4.40. The lowest BCUT2D eigenvalue weighted by Gasteiger charge is -2.28. The summed E-state index contributed by atoms with van der Waals surface area (Å²) in [5, 5.41) is 0. The second kappa shape index (κ2) is 10.2. The fraction of sp³-hybridized carbons (Fsp3) is 0.208. The van der Waals surface area contributed by atoms with E-state index in [9.17, 15) is 4.79 Å². The summed E-state index contributed by atoms with van der Waals surface area (Å²) in [4.78, 5) is 14.5. The van der Waals surface area contributed by atoms with Crippen LogP contribution >= 0.6 is 0 Å². The quantitative estimate of drug-likeness (QED) is 0.537. The third-order valence-corrected chi connectivity index (χ3v) is 4.40. The molecule has 3 aromatic carbocycles. The van der Waals surface area contributed by atoms with Crippen molar-refractivity contribution in [2.45, 2.75) is 26.1 Å². The summed E-state index contributed by atoms with van der Waals surface area (Å²) >= 11 is 0. The molecule has 0 heterocycles. The van der Waals surface area contributed by atoms with Gasteiger partial charge in [-0.3, -0.25) is 4.90 Å². The molecule has 4 heteroatoms. The Morgan fingerprint density at radius 2 is 1.36 bits per heavy atom. The number of ether oxygens (including phenoxy) is 2. The van der Waals surface area contributed by atoms with E-state index < -0.39 is 0 Å². The van der Waals surface area contributed by atoms with Crippen LogP contribution in [0, 0.1) is 0 Å². The number of para-hydroxylation sites is 1. The van der Waals surface area contributed by atoms with Gasteiger partial charge in [-0.2, -0.15) is 0 Å². The average Bonchev–Trinajstić information content (AvgIpc) is 2.76. The first-order chi connectivity index (χ1) is 13.7. The number of benzene rings is 3. The van der Waals surface area contributed by atoms with Crippen LogP contribution in [-0.2, 0) is 17.9 Å². The van der Waals surface area contributed by atoms with Crippen molar-refractivity contribution in [3.63, 3.8) is 0 Å². The lowest BCUT2D eigenvalue weighted by Crippen LogP contribution is -2.41. The minimum absolute atomic E-state index is 0.149. The van der Waals surface area contributed by atoms with Crippen LogP contribution < -0.4 is 4.74 Å². The van der Waals surface area contributed by atoms with E-state index in [1.54, 1.807) is 4.90 Å². The number of rotatable bonds is 8. The third kappa shape index (κ3) is 5.88. The molecule has 0 saturated heterocycles. The van der Waals surface area contributed by atoms with Gasteiger partial charge in [0.15, 0.2) is 0 Å². The van der Waals surface area contributed by atoms with Gasteiger partial charge in [-0.05, 0) is 30.2 Å². The summed E-state index contributed by atoms with van der Waals surface area (Å²) in [6.07, 6.45) is -0.350. The van der Waals surface area contributed by atoms with Crippen molar-refractivity contribution in [3.05, 3.63) is 102 Å². The topological polar surface area (TPSA) is 38.8 Å². The van der Waals surface area contributed by atoms with Crippen molar-refractivity contribution in [2.24, 2.45) is 0 Å². The van der Waals surface area contributed by atoms with Gasteiger partial charge in [-0.1, -0.05) is 78.9 Å². The van der Waals surface area contributed by atoms with E-state index in [2.05, 4.69) is 0 Å². The highest BCUT2D eigenvalue weighted by Gasteiger charge is 2.22. The van der Waals surface area contributed by atoms with Crippen LogP contribution in [0.2, 0.25) is 0 Å². The fourth-order valence-corrected chi connectivity index (χ4v) is 2.81. The van der Waals surface area contributed by atoms with E-state index in [4.69, 9.17) is 9.47 Å². The molecule has 3 aromatic rings. The van der Waals surface area contributed by atoms with Crippen molar-refractivity contribution in [1.82, 2.24) is 4.90 Å². The van der Waals surface area contributed by atoms with Gasteiger partial charge in [0.25, 0.3) is 0 Å². The van der Waals surface area contributed by atoms with Crippen molar-refractivity contribution in [2.75, 3.05) is 6.61 Å². The lowest BCUT2D eigenvalue weighted by atomic mass is 10.2. The Morgan fingerprint density at radius 3 is 1.96 bits per heavy atom. The molecule has 4 nitrogen and oxygen atoms in total. The largest absolute Gasteiger partial charge is 0.491 e. The molecule has 0 N–H and O–H groups in total. The predicted molar refractivity (Wildman–Crippen MR) is 110 cm³/mol. The molecule has 0 aromatic heterocycles. The highest BCUT2D eigenvalue weighted by Crippen LogP contribution is 2.14. The Kier molecular flexibility index (Phi) is 7.08. The second-order valence-electron chi connectivity index (χ2n) is 6.63. The van der Waals surface area contributed by atoms with Crippen LogP contribution in [0.1, 0.15) is 18.1 Å². The average molecular weight is 375 g/mol. The Bertz CT molecular complexity index is 837. The summed E-state index contributed by atoms with van der Waals surface area (Å²) in [5.74, 6) is 0.784. The molecular formula is C24H25NO3. The number of hydrogen-bond acceptors (Lipinski definition) is 3. The molecule has 1 unspecified atom stereocenters. The molecule has 0 spiro atoms. The standard InChI is InChI=1S/C24H25NO3/c1-20(18-27-23-15-9-4-10-16-23)25(17-21-11-5-2-6-12-21)24(26)28-19-22-13-7-3-8-14-22/h2-16,20H,17-19H2,1H3. The first kappa shape index (κ1) is 19.5. The molecule has 0 fully saturated rings. The molecule has 28 heavy (non-hydrogen) atoms. The van der Waals surface area contributed by atoms with Gasteiger partial charge >= 0.3 is 6.09 Å². The lowest BCUT2D eigenvalue weighted by molar-refractivity contribution is 0.0685. The Labute approximate surface area is 166 Å². The molecule has 1 amide bonds. The summed E-state index contributed by atoms with van der Waals surface area (Å²) in [7, 11) is 0. The van der Waals surface area contributed by atoms with Crippen LogP contribution in [0.25, 0.3) is 0 Å². The van der Waals surface area contributed by atoms with E-state index in [0.717, 1.165) is 16.9 Å². The maximum absolute atomic E-state index is 12.8. The van der Waals surface area contributed by atoms with E-state index in [-0.39, 0.29) is 18.7 Å². The molecule has 0 bridgehead atoms. The Morgan fingerprint density at radius 1 is 0.821 bits per heavy atom. The van der Waals surface area contributed by atoms with Gasteiger partial charge in [0, 0.05) is 6.54 Å². The SMILES string of the molecule is CC(COc1ccccc1)N(Cc1ccccc1)C(=O)OCc1ccccc1. The van der Waals surface area contributed by atoms with Gasteiger partial charge in [-0.15, -0.1) is 0 Å². The van der Waals surface area contributed by atoms with E-state index in [1.165, 1.54) is 0 Å². The van der Waals surface area contributed by atoms with Crippen LogP contribution in [0.15, 0.2) is 91.0 Å². The van der Waals surface area contributed by atoms with Crippen LogP contribution in [0.3, 0.4) is 0 Å². The maximum atomic E-state index is 12.8. The molecule has 1 atom stereocenters. The number of nitrogens with zero attached hydrogens (tertiary/aromatic N) is 1. The number of hydrogen-bond donors (Lipinski definition) is 0. The Balaban J connectivity index is 1.65. The fourth-order valence-electron chi connectivity index (χ4n) is 2.81. The van der Waals surface area contributed by atoms with Gasteiger partial charge in [-0.25, -0.2) is 4.79 Å². The first-order valence-electron chi connectivity index (χ1n) is 9.41. The number of amides is 1. The summed E-state index contributed by atoms with van der Waals surface area (Å²) in [5.41, 5.74) is 2.01. The zero-order valence-electron chi connectivity index (χ0n) is 16.0. The Hall–Kier alpha value is -3.27. The zero-order valence-corrected chi connectivity index (χ0v) is 16.0. The highest BCUT2D eigenvalue weighted by atomic mass is 16.6. The molecule has 0 aliphatic rings. The zero-order chi connectivity index (χ0) is 19.6. The molecule has 3 rings (SSSR count). The summed E-state index contributed by atoms with van der Waals surface area (Å²) in [6.45, 7) is 3.07. The maximum Gasteiger partial charge on any atom is 0.410 e. The van der Waals surface area contributed by atoms with Gasteiger partial charge in [0.1, 0.15) is 19.0 Å². The molecule has 0 aliphatic carbocycles. The van der Waals surface area contributed by atoms with Gasteiger partial charge in [0.05, 0.1) is 6.04 Å². The molecule has 0 radical (unpaired) electrons. The van der Waals surface area contributed by atoms with E-state index >= 15 is 0 Å². The van der Waals surface area contributed by atoms with Crippen molar-refractivity contribution in [3.8, 4) is 5.75 Å². The highest BCUT2D eigenvalue weighted by molar-refractivity contribution is 5.68. The molecule has 144 valence electrons. The predicted octanol–water partition coefficient (Wildman–Crippen LogP) is 5.29. The van der Waals surface area contributed by atoms with E-state index in [0.29, 0.717) is 13.2 Å². The van der Waals surface area contributed by atoms with Gasteiger partial charge in [0.2, 0.25) is 0 Å². The van der Waals surface area contributed by atoms with Crippen LogP contribution in [0.4, 0.5) is 4.79 Å². The van der Waals surface area contributed by atoms with Crippen molar-refractivity contribution < 1.29 is 14.3 Å². The van der Waals surface area contributed by atoms with Crippen LogP contribution in [0.5, 0.6) is 5.75 Å². The number of carbonyl (C=O) groups excluding carboxylic acids is 1. The summed E-state index contributed by atoms with van der Waals surface area (Å²) in [6, 6.07) is 29.0. The number of carbonyl (C=O) groups is 1. The normalized spacial score (nSPS) is 11.5. The van der Waals surface area contributed by atoms with Crippen molar-refractivity contribution in [1.29, 1.82) is 0 Å². The molecule has 0 aliphatic heterocycles. The van der Waals surface area contributed by atoms with Crippen LogP contribution in [-0.4, -0.2) is 23.6 Å². The molecular weight excluding hydrogens is 350 g/mol. The van der Waals surface area contributed by atoms with Crippen molar-refractivity contribution >= 4 is 6.09 Å².